The second-order valence-corrected chi connectivity index (χ2v) is 6.70. The Kier molecular flexibility index (Phi) is 3.65. The maximum atomic E-state index is 13.2. The number of nitrogens with zero attached hydrogens (tertiary/aromatic N) is 3. The van der Waals surface area contributed by atoms with Crippen LogP contribution in [0.15, 0.2) is 59.1 Å². The number of carbonyl (C=O) groups is 2. The molecule has 0 bridgehead atoms. The highest BCUT2D eigenvalue weighted by Crippen LogP contribution is 2.41. The van der Waals surface area contributed by atoms with Gasteiger partial charge in [0.15, 0.2) is 5.54 Å². The van der Waals surface area contributed by atoms with Crippen molar-refractivity contribution in [2.45, 2.75) is 18.5 Å². The van der Waals surface area contributed by atoms with E-state index in [-0.39, 0.29) is 18.3 Å². The molecule has 1 atom stereocenters. The molecule has 3 aromatic rings. The zero-order valence-corrected chi connectivity index (χ0v) is 14.8. The third kappa shape index (κ3) is 2.45. The lowest BCUT2D eigenvalue weighted by atomic mass is 9.84. The molecular weight excluding hydrogens is 360 g/mol. The lowest BCUT2D eigenvalue weighted by Gasteiger charge is -2.33. The smallest absolute Gasteiger partial charge is 0.325 e. The van der Waals surface area contributed by atoms with Crippen LogP contribution < -0.4 is 10.1 Å². The summed E-state index contributed by atoms with van der Waals surface area (Å²) >= 11 is 0. The van der Waals surface area contributed by atoms with E-state index in [2.05, 4.69) is 15.5 Å². The van der Waals surface area contributed by atoms with Gasteiger partial charge >= 0.3 is 6.03 Å². The summed E-state index contributed by atoms with van der Waals surface area (Å²) in [4.78, 5) is 31.3. The van der Waals surface area contributed by atoms with Gasteiger partial charge in [-0.05, 0) is 6.07 Å². The molecule has 1 N–H and O–H groups in total. The fourth-order valence-electron chi connectivity index (χ4n) is 3.67. The number of amides is 3. The van der Waals surface area contributed by atoms with Gasteiger partial charge in [-0.2, -0.15) is 4.98 Å². The van der Waals surface area contributed by atoms with Crippen molar-refractivity contribution in [3.8, 4) is 17.1 Å². The largest absolute Gasteiger partial charge is 0.493 e. The Morgan fingerprint density at radius 3 is 2.71 bits per heavy atom. The topological polar surface area (TPSA) is 97.6 Å². The van der Waals surface area contributed by atoms with E-state index in [1.165, 1.54) is 0 Å². The first-order chi connectivity index (χ1) is 13.7. The van der Waals surface area contributed by atoms with Crippen LogP contribution in [0.1, 0.15) is 17.9 Å². The van der Waals surface area contributed by atoms with Crippen molar-refractivity contribution in [2.75, 3.05) is 6.61 Å². The van der Waals surface area contributed by atoms with Crippen LogP contribution >= 0.6 is 0 Å². The van der Waals surface area contributed by atoms with E-state index in [9.17, 15) is 9.59 Å². The lowest BCUT2D eigenvalue weighted by Crippen LogP contribution is -2.47. The lowest BCUT2D eigenvalue weighted by molar-refractivity contribution is -0.133. The molecule has 8 heteroatoms. The zero-order chi connectivity index (χ0) is 19.1. The summed E-state index contributed by atoms with van der Waals surface area (Å²) in [6.45, 7) is 0.255. The van der Waals surface area contributed by atoms with Crippen molar-refractivity contribution in [3.63, 3.8) is 0 Å². The normalized spacial score (nSPS) is 20.8. The number of nitrogens with one attached hydrogen (secondary N) is 1. The Bertz CT molecular complexity index is 1060. The minimum atomic E-state index is -1.12. The maximum absolute atomic E-state index is 13.2. The number of aromatic nitrogens is 2. The molecular formula is C20H16N4O4. The van der Waals surface area contributed by atoms with Crippen LogP contribution in [0.3, 0.4) is 0 Å². The van der Waals surface area contributed by atoms with E-state index in [1.807, 2.05) is 42.5 Å². The van der Waals surface area contributed by atoms with Gasteiger partial charge in [0.25, 0.3) is 5.91 Å². The van der Waals surface area contributed by atoms with Crippen LogP contribution in [0.5, 0.6) is 5.75 Å². The summed E-state index contributed by atoms with van der Waals surface area (Å²) in [6, 6.07) is 16.1. The first kappa shape index (κ1) is 16.5. The SMILES string of the molecule is O=C1N[C@]2(CCOc3ccccc32)C(=O)N1Cc1nc(-c2ccccc2)no1. The Balaban J connectivity index is 1.43. The Morgan fingerprint density at radius 2 is 1.86 bits per heavy atom. The molecule has 1 fully saturated rings. The molecule has 0 aliphatic carbocycles. The highest BCUT2D eigenvalue weighted by atomic mass is 16.5. The molecule has 0 unspecified atom stereocenters. The van der Waals surface area contributed by atoms with Crippen LogP contribution in [-0.4, -0.2) is 33.6 Å². The van der Waals surface area contributed by atoms with E-state index in [1.54, 1.807) is 12.1 Å². The van der Waals surface area contributed by atoms with Crippen molar-refractivity contribution >= 4 is 11.9 Å². The Hall–Kier alpha value is -3.68. The maximum Gasteiger partial charge on any atom is 0.325 e. The monoisotopic (exact) mass is 376 g/mol. The Labute approximate surface area is 160 Å². The average Bonchev–Trinajstić information content (AvgIpc) is 3.29. The van der Waals surface area contributed by atoms with Crippen LogP contribution in [0, 0.1) is 0 Å². The highest BCUT2D eigenvalue weighted by molar-refractivity contribution is 6.07. The van der Waals surface area contributed by atoms with Crippen LogP contribution in [-0.2, 0) is 16.9 Å². The standard InChI is InChI=1S/C20H16N4O4/c25-18-20(10-11-27-15-9-5-4-8-14(15)20)22-19(26)24(18)12-16-21-17(23-28-16)13-6-2-1-3-7-13/h1-9H,10-12H2,(H,22,26)/t20-/m0/s1. The number of para-hydroxylation sites is 1. The van der Waals surface area contributed by atoms with Crippen molar-refractivity contribution in [1.82, 2.24) is 20.4 Å². The first-order valence-electron chi connectivity index (χ1n) is 8.92. The fourth-order valence-corrected chi connectivity index (χ4v) is 3.67. The third-order valence-corrected chi connectivity index (χ3v) is 5.05. The van der Waals surface area contributed by atoms with Gasteiger partial charge in [-0.15, -0.1) is 0 Å². The zero-order valence-electron chi connectivity index (χ0n) is 14.8. The summed E-state index contributed by atoms with van der Waals surface area (Å²) in [7, 11) is 0. The molecule has 3 amide bonds. The molecule has 2 aliphatic heterocycles. The molecule has 8 nitrogen and oxygen atoms in total. The molecule has 0 radical (unpaired) electrons. The number of benzene rings is 2. The Morgan fingerprint density at radius 1 is 1.07 bits per heavy atom. The number of urea groups is 1. The molecule has 1 aromatic heterocycles. The van der Waals surface area contributed by atoms with Gasteiger partial charge in [-0.25, -0.2) is 4.79 Å². The molecule has 1 saturated heterocycles. The van der Waals surface area contributed by atoms with E-state index in [0.29, 0.717) is 30.2 Å². The second kappa shape index (κ2) is 6.19. The van der Waals surface area contributed by atoms with Crippen molar-refractivity contribution < 1.29 is 18.8 Å². The highest BCUT2D eigenvalue weighted by Gasteiger charge is 2.55. The quantitative estimate of drug-likeness (QED) is 0.705. The fraction of sp³-hybridized carbons (Fsp3) is 0.200. The number of carbonyl (C=O) groups excluding carboxylic acids is 2. The third-order valence-electron chi connectivity index (χ3n) is 5.05. The number of ether oxygens (including phenoxy) is 1. The predicted octanol–water partition coefficient (Wildman–Crippen LogP) is 2.47. The number of hydrogen-bond acceptors (Lipinski definition) is 6. The number of hydrogen-bond donors (Lipinski definition) is 1. The van der Waals surface area contributed by atoms with Gasteiger partial charge in [0.1, 0.15) is 12.3 Å². The molecule has 1 spiro atoms. The van der Waals surface area contributed by atoms with Gasteiger partial charge in [-0.1, -0.05) is 53.7 Å². The number of imide groups is 1. The summed E-state index contributed by atoms with van der Waals surface area (Å²) in [5, 5.41) is 6.79. The van der Waals surface area contributed by atoms with Gasteiger partial charge in [0.2, 0.25) is 11.7 Å². The average molecular weight is 376 g/mol. The van der Waals surface area contributed by atoms with E-state index >= 15 is 0 Å². The van der Waals surface area contributed by atoms with Crippen LogP contribution in [0.4, 0.5) is 4.79 Å². The van der Waals surface area contributed by atoms with Crippen molar-refractivity contribution in [1.29, 1.82) is 0 Å². The second-order valence-electron chi connectivity index (χ2n) is 6.70. The van der Waals surface area contributed by atoms with Crippen LogP contribution in [0.25, 0.3) is 11.4 Å². The van der Waals surface area contributed by atoms with Gasteiger partial charge in [-0.3, -0.25) is 9.69 Å². The molecule has 140 valence electrons. The van der Waals surface area contributed by atoms with Gasteiger partial charge in [0.05, 0.1) is 6.61 Å². The first-order valence-corrected chi connectivity index (χ1v) is 8.92. The van der Waals surface area contributed by atoms with E-state index in [0.717, 1.165) is 10.5 Å². The summed E-state index contributed by atoms with van der Waals surface area (Å²) < 4.78 is 10.9. The summed E-state index contributed by atoms with van der Waals surface area (Å²) in [6.07, 6.45) is 0.365. The van der Waals surface area contributed by atoms with E-state index in [4.69, 9.17) is 9.26 Å². The van der Waals surface area contributed by atoms with Crippen molar-refractivity contribution in [2.24, 2.45) is 0 Å². The molecule has 5 rings (SSSR count). The summed E-state index contributed by atoms with van der Waals surface area (Å²) in [5.41, 5.74) is 0.343. The number of rotatable bonds is 3. The number of fused-ring (bicyclic) bond motifs is 2. The molecule has 3 heterocycles. The molecule has 0 saturated carbocycles. The molecule has 28 heavy (non-hydrogen) atoms. The van der Waals surface area contributed by atoms with Crippen molar-refractivity contribution in [3.05, 3.63) is 66.1 Å². The predicted molar refractivity (Wildman–Crippen MR) is 97.0 cm³/mol. The van der Waals surface area contributed by atoms with Crippen LogP contribution in [0.2, 0.25) is 0 Å². The minimum absolute atomic E-state index is 0.0880. The van der Waals surface area contributed by atoms with Gasteiger partial charge < -0.3 is 14.6 Å². The van der Waals surface area contributed by atoms with Gasteiger partial charge in [0, 0.05) is 17.5 Å². The minimum Gasteiger partial charge on any atom is -0.493 e. The summed E-state index contributed by atoms with van der Waals surface area (Å²) in [5.74, 6) is 0.870. The molecule has 2 aliphatic rings. The molecule has 2 aromatic carbocycles. The van der Waals surface area contributed by atoms with E-state index < -0.39 is 11.6 Å².